The number of allylic oxidation sites excluding steroid dienone is 1. The Morgan fingerprint density at radius 3 is 2.86 bits per heavy atom. The Labute approximate surface area is 164 Å². The monoisotopic (exact) mass is 395 g/mol. The van der Waals surface area contributed by atoms with Crippen molar-refractivity contribution in [1.29, 1.82) is 0 Å². The molecule has 3 aromatic heterocycles. The number of carbonyl (C=O) groups is 2. The molecule has 1 N–H and O–H groups in total. The van der Waals surface area contributed by atoms with Crippen LogP contribution < -0.4 is 10.3 Å². The van der Waals surface area contributed by atoms with Crippen LogP contribution in [-0.4, -0.2) is 45.1 Å². The van der Waals surface area contributed by atoms with E-state index in [1.165, 1.54) is 43.4 Å². The summed E-state index contributed by atoms with van der Waals surface area (Å²) < 4.78 is 10.9. The van der Waals surface area contributed by atoms with Crippen LogP contribution in [0.15, 0.2) is 47.7 Å². The zero-order valence-electron chi connectivity index (χ0n) is 15.7. The standard InChI is InChI=1S/C20H17N3O6/c1-23-19-14(4-3-7-22-19)18(26)17(20(23)27)15(24)6-5-12-8-13(10-21-9-12)29-11-16(25)28-2/h3-10,26H,11H2,1-2H3/b6-5+. The van der Waals surface area contributed by atoms with Gasteiger partial charge in [0.15, 0.2) is 12.4 Å². The van der Waals surface area contributed by atoms with Gasteiger partial charge in [-0.05, 0) is 35.9 Å². The van der Waals surface area contributed by atoms with Gasteiger partial charge in [-0.3, -0.25) is 19.1 Å². The minimum Gasteiger partial charge on any atom is -0.506 e. The van der Waals surface area contributed by atoms with Gasteiger partial charge in [-0.15, -0.1) is 0 Å². The Bertz CT molecular complexity index is 1180. The van der Waals surface area contributed by atoms with Gasteiger partial charge in [0.25, 0.3) is 5.56 Å². The van der Waals surface area contributed by atoms with Crippen molar-refractivity contribution in [3.8, 4) is 11.5 Å². The van der Waals surface area contributed by atoms with E-state index in [0.29, 0.717) is 16.7 Å². The van der Waals surface area contributed by atoms with Crippen LogP contribution >= 0.6 is 0 Å². The highest BCUT2D eigenvalue weighted by atomic mass is 16.6. The maximum Gasteiger partial charge on any atom is 0.343 e. The van der Waals surface area contributed by atoms with Crippen LogP contribution in [-0.2, 0) is 16.6 Å². The normalized spacial score (nSPS) is 11.0. The quantitative estimate of drug-likeness (QED) is 0.379. The molecule has 3 heterocycles. The van der Waals surface area contributed by atoms with Crippen LogP contribution in [0.5, 0.6) is 11.5 Å². The number of ether oxygens (including phenoxy) is 2. The molecule has 9 nitrogen and oxygen atoms in total. The topological polar surface area (TPSA) is 121 Å². The van der Waals surface area contributed by atoms with Gasteiger partial charge in [0.05, 0.1) is 18.7 Å². The Morgan fingerprint density at radius 1 is 1.31 bits per heavy atom. The molecule has 148 valence electrons. The molecule has 0 bridgehead atoms. The first kappa shape index (κ1) is 19.7. The van der Waals surface area contributed by atoms with Crippen LogP contribution in [0.3, 0.4) is 0 Å². The van der Waals surface area contributed by atoms with Crippen LogP contribution in [0.1, 0.15) is 15.9 Å². The SMILES string of the molecule is COC(=O)COc1cncc(/C=C/C(=O)c2c(O)c3cccnc3n(C)c2=O)c1. The van der Waals surface area contributed by atoms with E-state index in [1.54, 1.807) is 18.2 Å². The van der Waals surface area contributed by atoms with Crippen LogP contribution in [0, 0.1) is 0 Å². The fourth-order valence-electron chi connectivity index (χ4n) is 2.63. The Hall–Kier alpha value is -4.01. The number of hydrogen-bond donors (Lipinski definition) is 1. The molecule has 0 aliphatic heterocycles. The average Bonchev–Trinajstić information content (AvgIpc) is 2.75. The number of pyridine rings is 3. The summed E-state index contributed by atoms with van der Waals surface area (Å²) in [5.74, 6) is -1.33. The number of nitrogens with zero attached hydrogens (tertiary/aromatic N) is 3. The summed E-state index contributed by atoms with van der Waals surface area (Å²) in [5.41, 5.74) is -0.235. The molecule has 9 heteroatoms. The van der Waals surface area contributed by atoms with E-state index >= 15 is 0 Å². The second kappa shape index (κ2) is 8.34. The summed E-state index contributed by atoms with van der Waals surface area (Å²) in [7, 11) is 2.72. The highest BCUT2D eigenvalue weighted by Gasteiger charge is 2.19. The number of aromatic nitrogens is 3. The fraction of sp³-hybridized carbons (Fsp3) is 0.150. The zero-order valence-corrected chi connectivity index (χ0v) is 15.7. The molecule has 0 radical (unpaired) electrons. The lowest BCUT2D eigenvalue weighted by atomic mass is 10.1. The molecule has 3 aromatic rings. The van der Waals surface area contributed by atoms with Crippen molar-refractivity contribution < 1.29 is 24.2 Å². The Balaban J connectivity index is 1.88. The predicted octanol–water partition coefficient (Wildman–Crippen LogP) is 1.48. The second-order valence-corrected chi connectivity index (χ2v) is 5.98. The molecule has 0 saturated carbocycles. The predicted molar refractivity (Wildman–Crippen MR) is 104 cm³/mol. The van der Waals surface area contributed by atoms with E-state index in [1.807, 2.05) is 0 Å². The maximum atomic E-state index is 12.6. The van der Waals surface area contributed by atoms with Crippen molar-refractivity contribution in [2.75, 3.05) is 13.7 Å². The second-order valence-electron chi connectivity index (χ2n) is 5.98. The third-order valence-corrected chi connectivity index (χ3v) is 4.11. The smallest absolute Gasteiger partial charge is 0.343 e. The lowest BCUT2D eigenvalue weighted by Crippen LogP contribution is -2.24. The molecule has 3 rings (SSSR count). The highest BCUT2D eigenvalue weighted by Crippen LogP contribution is 2.25. The summed E-state index contributed by atoms with van der Waals surface area (Å²) in [6.45, 7) is -0.278. The van der Waals surface area contributed by atoms with E-state index in [-0.39, 0.29) is 17.8 Å². The van der Waals surface area contributed by atoms with Crippen molar-refractivity contribution in [3.63, 3.8) is 0 Å². The summed E-state index contributed by atoms with van der Waals surface area (Å²) in [6, 6.07) is 4.73. The van der Waals surface area contributed by atoms with Gasteiger partial charge in [-0.1, -0.05) is 0 Å². The molecule has 0 aromatic carbocycles. The Morgan fingerprint density at radius 2 is 2.10 bits per heavy atom. The largest absolute Gasteiger partial charge is 0.506 e. The van der Waals surface area contributed by atoms with E-state index in [9.17, 15) is 19.5 Å². The number of ketones is 1. The lowest BCUT2D eigenvalue weighted by Gasteiger charge is -2.09. The zero-order chi connectivity index (χ0) is 21.0. The minimum atomic E-state index is -0.672. The van der Waals surface area contributed by atoms with Crippen LogP contribution in [0.4, 0.5) is 0 Å². The van der Waals surface area contributed by atoms with Crippen molar-refractivity contribution in [1.82, 2.24) is 14.5 Å². The molecular formula is C20H17N3O6. The Kier molecular flexibility index (Phi) is 5.68. The van der Waals surface area contributed by atoms with E-state index in [2.05, 4.69) is 14.7 Å². The number of aryl methyl sites for hydroxylation is 1. The third kappa shape index (κ3) is 4.13. The number of rotatable bonds is 6. The number of aromatic hydroxyl groups is 1. The van der Waals surface area contributed by atoms with Gasteiger partial charge in [0.2, 0.25) is 0 Å². The number of methoxy groups -OCH3 is 1. The van der Waals surface area contributed by atoms with E-state index in [4.69, 9.17) is 4.74 Å². The van der Waals surface area contributed by atoms with Crippen LogP contribution in [0.2, 0.25) is 0 Å². The summed E-state index contributed by atoms with van der Waals surface area (Å²) in [5, 5.41) is 10.7. The van der Waals surface area contributed by atoms with Gasteiger partial charge < -0.3 is 14.6 Å². The molecule has 0 amide bonds. The van der Waals surface area contributed by atoms with Gasteiger partial charge >= 0.3 is 5.97 Å². The first-order valence-electron chi connectivity index (χ1n) is 8.46. The van der Waals surface area contributed by atoms with Crippen molar-refractivity contribution in [2.24, 2.45) is 7.05 Å². The molecule has 0 aliphatic carbocycles. The van der Waals surface area contributed by atoms with Crippen molar-refractivity contribution >= 4 is 28.9 Å². The molecule has 0 fully saturated rings. The molecular weight excluding hydrogens is 378 g/mol. The van der Waals surface area contributed by atoms with Crippen molar-refractivity contribution in [3.05, 3.63) is 64.3 Å². The van der Waals surface area contributed by atoms with Crippen molar-refractivity contribution in [2.45, 2.75) is 0 Å². The molecule has 0 unspecified atom stereocenters. The van der Waals surface area contributed by atoms with E-state index < -0.39 is 23.1 Å². The summed E-state index contributed by atoms with van der Waals surface area (Å²) in [4.78, 5) is 44.3. The first-order valence-corrected chi connectivity index (χ1v) is 8.46. The average molecular weight is 395 g/mol. The molecule has 0 spiro atoms. The number of esters is 1. The summed E-state index contributed by atoms with van der Waals surface area (Å²) in [6.07, 6.45) is 6.94. The highest BCUT2D eigenvalue weighted by molar-refractivity contribution is 6.10. The fourth-order valence-corrected chi connectivity index (χ4v) is 2.63. The number of hydrogen-bond acceptors (Lipinski definition) is 8. The number of carbonyl (C=O) groups excluding carboxylic acids is 2. The molecule has 29 heavy (non-hydrogen) atoms. The number of fused-ring (bicyclic) bond motifs is 1. The molecule has 0 atom stereocenters. The third-order valence-electron chi connectivity index (χ3n) is 4.11. The maximum absolute atomic E-state index is 12.6. The first-order chi connectivity index (χ1) is 13.9. The van der Waals surface area contributed by atoms with Gasteiger partial charge in [0, 0.05) is 19.4 Å². The molecule has 0 aliphatic rings. The van der Waals surface area contributed by atoms with Gasteiger partial charge in [-0.2, -0.15) is 0 Å². The van der Waals surface area contributed by atoms with Gasteiger partial charge in [-0.25, -0.2) is 9.78 Å². The minimum absolute atomic E-state index is 0.273. The van der Waals surface area contributed by atoms with Crippen LogP contribution in [0.25, 0.3) is 17.1 Å². The molecule has 0 saturated heterocycles. The van der Waals surface area contributed by atoms with E-state index in [0.717, 1.165) is 6.08 Å². The summed E-state index contributed by atoms with van der Waals surface area (Å²) >= 11 is 0. The lowest BCUT2D eigenvalue weighted by molar-refractivity contribution is -0.142. The van der Waals surface area contributed by atoms with Gasteiger partial charge in [0.1, 0.15) is 22.7 Å².